The average molecular weight is 186 g/mol. The van der Waals surface area contributed by atoms with Gasteiger partial charge in [0.2, 0.25) is 0 Å². The zero-order valence-electron chi connectivity index (χ0n) is 8.64. The largest absolute Gasteiger partial charge is 0.450 e. The summed E-state index contributed by atoms with van der Waals surface area (Å²) in [4.78, 5) is 10.9. The van der Waals surface area contributed by atoms with Gasteiger partial charge in [-0.05, 0) is 12.8 Å². The van der Waals surface area contributed by atoms with Gasteiger partial charge < -0.3 is 10.1 Å². The Morgan fingerprint density at radius 2 is 2.00 bits per heavy atom. The molecule has 0 spiro atoms. The molecule has 13 heavy (non-hydrogen) atoms. The van der Waals surface area contributed by atoms with E-state index in [0.29, 0.717) is 6.61 Å². The van der Waals surface area contributed by atoms with Crippen molar-refractivity contribution in [2.24, 2.45) is 0 Å². The van der Waals surface area contributed by atoms with E-state index in [9.17, 15) is 4.79 Å². The molecular weight excluding hydrogens is 166 g/mol. The fourth-order valence-electron chi connectivity index (χ4n) is 0.813. The topological polar surface area (TPSA) is 38.3 Å². The lowest BCUT2D eigenvalue weighted by atomic mass is 10.2. The van der Waals surface area contributed by atoms with E-state index < -0.39 is 0 Å². The Labute approximate surface area is 80.8 Å². The van der Waals surface area contributed by atoms with E-state index in [1.54, 1.807) is 6.54 Å². The molecule has 77 valence electrons. The number of hydrogen-bond donors (Lipinski definition) is 1. The fraction of sp³-hybridized carbons (Fsp3) is 0.800. The zero-order chi connectivity index (χ0) is 9.94. The Balaban J connectivity index is 3.11. The van der Waals surface area contributed by atoms with Gasteiger partial charge in [-0.1, -0.05) is 33.1 Å². The molecular formula is C10H20NO2. The van der Waals surface area contributed by atoms with Crippen molar-refractivity contribution < 1.29 is 9.53 Å². The summed E-state index contributed by atoms with van der Waals surface area (Å²) in [6.45, 7) is 6.46. The van der Waals surface area contributed by atoms with Crippen LogP contribution >= 0.6 is 0 Å². The number of carbonyl (C=O) groups is 1. The summed E-state index contributed by atoms with van der Waals surface area (Å²) in [5.41, 5.74) is 0. The van der Waals surface area contributed by atoms with Crippen LogP contribution in [0.25, 0.3) is 0 Å². The third kappa shape index (κ3) is 9.18. The number of rotatable bonds is 7. The van der Waals surface area contributed by atoms with Crippen LogP contribution in [0.1, 0.15) is 46.0 Å². The van der Waals surface area contributed by atoms with Crippen molar-refractivity contribution in [2.45, 2.75) is 46.0 Å². The van der Waals surface area contributed by atoms with Crippen molar-refractivity contribution in [1.29, 1.82) is 0 Å². The van der Waals surface area contributed by atoms with Crippen molar-refractivity contribution >= 4 is 6.09 Å². The second kappa shape index (κ2) is 9.36. The molecule has 0 saturated carbocycles. The number of hydrogen-bond acceptors (Lipinski definition) is 2. The van der Waals surface area contributed by atoms with E-state index in [4.69, 9.17) is 4.74 Å². The summed E-state index contributed by atoms with van der Waals surface area (Å²) in [6, 6.07) is 0. The number of ether oxygens (including phenoxy) is 1. The number of nitrogens with one attached hydrogen (secondary N) is 1. The molecule has 0 saturated heterocycles. The van der Waals surface area contributed by atoms with Gasteiger partial charge >= 0.3 is 6.09 Å². The van der Waals surface area contributed by atoms with E-state index >= 15 is 0 Å². The van der Waals surface area contributed by atoms with Crippen molar-refractivity contribution in [3.05, 3.63) is 6.54 Å². The molecule has 0 rings (SSSR count). The van der Waals surface area contributed by atoms with Crippen LogP contribution in [-0.2, 0) is 4.74 Å². The second-order valence-electron chi connectivity index (χ2n) is 2.98. The molecule has 0 atom stereocenters. The minimum Gasteiger partial charge on any atom is -0.450 e. The Kier molecular flexibility index (Phi) is 8.83. The maximum Gasteiger partial charge on any atom is 0.407 e. The Morgan fingerprint density at radius 3 is 2.62 bits per heavy atom. The van der Waals surface area contributed by atoms with E-state index in [2.05, 4.69) is 19.2 Å². The third-order valence-electron chi connectivity index (χ3n) is 1.65. The SMILES string of the molecule is CCCC[CH]NC(=O)OCCCC. The highest BCUT2D eigenvalue weighted by molar-refractivity contribution is 5.67. The Hall–Kier alpha value is -0.730. The first-order chi connectivity index (χ1) is 6.31. The maximum atomic E-state index is 10.9. The molecule has 0 bridgehead atoms. The predicted octanol–water partition coefficient (Wildman–Crippen LogP) is 2.86. The van der Waals surface area contributed by atoms with Gasteiger partial charge in [-0.25, -0.2) is 4.79 Å². The van der Waals surface area contributed by atoms with Crippen LogP contribution in [0.15, 0.2) is 0 Å². The maximum absolute atomic E-state index is 10.9. The fourth-order valence-corrected chi connectivity index (χ4v) is 0.813. The molecule has 0 aromatic carbocycles. The molecule has 0 aliphatic rings. The van der Waals surface area contributed by atoms with Crippen LogP contribution in [0.2, 0.25) is 0 Å². The summed E-state index contributed by atoms with van der Waals surface area (Å²) < 4.78 is 4.88. The molecule has 0 aliphatic heterocycles. The van der Waals surface area contributed by atoms with Crippen LogP contribution in [-0.4, -0.2) is 12.7 Å². The quantitative estimate of drug-likeness (QED) is 0.621. The van der Waals surface area contributed by atoms with Crippen molar-refractivity contribution in [3.63, 3.8) is 0 Å². The highest BCUT2D eigenvalue weighted by Gasteiger charge is 1.99. The molecule has 1 radical (unpaired) electrons. The van der Waals surface area contributed by atoms with Gasteiger partial charge in [0.15, 0.2) is 0 Å². The van der Waals surface area contributed by atoms with E-state index in [0.717, 1.165) is 32.1 Å². The lowest BCUT2D eigenvalue weighted by molar-refractivity contribution is 0.146. The number of amides is 1. The van der Waals surface area contributed by atoms with Gasteiger partial charge in [-0.2, -0.15) is 0 Å². The number of unbranched alkanes of at least 4 members (excludes halogenated alkanes) is 3. The zero-order valence-corrected chi connectivity index (χ0v) is 8.64. The Morgan fingerprint density at radius 1 is 1.31 bits per heavy atom. The smallest absolute Gasteiger partial charge is 0.407 e. The minimum absolute atomic E-state index is 0.329. The predicted molar refractivity (Wildman–Crippen MR) is 53.2 cm³/mol. The summed E-state index contributed by atoms with van der Waals surface area (Å²) >= 11 is 0. The number of carbonyl (C=O) groups excluding carboxylic acids is 1. The normalized spacial score (nSPS) is 9.69. The molecule has 1 amide bonds. The summed E-state index contributed by atoms with van der Waals surface area (Å²) in [7, 11) is 0. The minimum atomic E-state index is -0.329. The lowest BCUT2D eigenvalue weighted by Crippen LogP contribution is -2.21. The first-order valence-corrected chi connectivity index (χ1v) is 5.06. The number of alkyl carbamates (subject to hydrolysis) is 1. The average Bonchev–Trinajstić information content (AvgIpc) is 2.13. The molecule has 0 heterocycles. The Bertz CT molecular complexity index is 126. The van der Waals surface area contributed by atoms with Crippen LogP contribution in [0.5, 0.6) is 0 Å². The van der Waals surface area contributed by atoms with Gasteiger partial charge in [0.05, 0.1) is 13.2 Å². The molecule has 1 N–H and O–H groups in total. The monoisotopic (exact) mass is 186 g/mol. The first kappa shape index (κ1) is 12.3. The van der Waals surface area contributed by atoms with Crippen LogP contribution in [0.3, 0.4) is 0 Å². The summed E-state index contributed by atoms with van der Waals surface area (Å²) in [5.74, 6) is 0. The molecule has 0 aromatic rings. The molecule has 0 fully saturated rings. The molecule has 0 aromatic heterocycles. The molecule has 3 heteroatoms. The molecule has 0 aliphatic carbocycles. The molecule has 3 nitrogen and oxygen atoms in total. The van der Waals surface area contributed by atoms with Crippen LogP contribution < -0.4 is 5.32 Å². The van der Waals surface area contributed by atoms with Crippen LogP contribution in [0, 0.1) is 6.54 Å². The first-order valence-electron chi connectivity index (χ1n) is 5.06. The van der Waals surface area contributed by atoms with Crippen molar-refractivity contribution in [1.82, 2.24) is 5.32 Å². The van der Waals surface area contributed by atoms with E-state index in [-0.39, 0.29) is 6.09 Å². The van der Waals surface area contributed by atoms with Gasteiger partial charge in [-0.15, -0.1) is 0 Å². The lowest BCUT2D eigenvalue weighted by Gasteiger charge is -2.04. The van der Waals surface area contributed by atoms with E-state index in [1.807, 2.05) is 0 Å². The highest BCUT2D eigenvalue weighted by Crippen LogP contribution is 1.95. The second-order valence-corrected chi connectivity index (χ2v) is 2.98. The van der Waals surface area contributed by atoms with Crippen LogP contribution in [0.4, 0.5) is 4.79 Å². The third-order valence-corrected chi connectivity index (χ3v) is 1.65. The van der Waals surface area contributed by atoms with Gasteiger partial charge in [0.1, 0.15) is 0 Å². The van der Waals surface area contributed by atoms with Gasteiger partial charge in [-0.3, -0.25) is 0 Å². The molecule has 0 unspecified atom stereocenters. The summed E-state index contributed by atoms with van der Waals surface area (Å²) in [5, 5.41) is 2.59. The standard InChI is InChI=1S/C10H20NO2/c1-3-5-7-8-11-10(12)13-9-6-4-2/h8H,3-7,9H2,1-2H3,(H,11,12). The van der Waals surface area contributed by atoms with Gasteiger partial charge in [0, 0.05) is 0 Å². The van der Waals surface area contributed by atoms with Gasteiger partial charge in [0.25, 0.3) is 0 Å². The highest BCUT2D eigenvalue weighted by atomic mass is 16.5. The van der Waals surface area contributed by atoms with Crippen molar-refractivity contribution in [2.75, 3.05) is 6.61 Å². The van der Waals surface area contributed by atoms with E-state index in [1.165, 1.54) is 0 Å². The summed E-state index contributed by atoms with van der Waals surface area (Å²) in [6.07, 6.45) is 4.82. The van der Waals surface area contributed by atoms with Crippen molar-refractivity contribution in [3.8, 4) is 0 Å².